The topological polar surface area (TPSA) is 57.4 Å². The number of aromatic nitrogens is 1. The quantitative estimate of drug-likeness (QED) is 0.901. The highest BCUT2D eigenvalue weighted by Gasteiger charge is 2.19. The van der Waals surface area contributed by atoms with Crippen molar-refractivity contribution < 1.29 is 9.47 Å². The summed E-state index contributed by atoms with van der Waals surface area (Å²) >= 11 is 0. The van der Waals surface area contributed by atoms with Gasteiger partial charge in [-0.05, 0) is 12.1 Å². The molecular formula is C15H20N2O2. The van der Waals surface area contributed by atoms with E-state index in [1.165, 1.54) is 0 Å². The van der Waals surface area contributed by atoms with Crippen LogP contribution in [0.15, 0.2) is 18.2 Å². The minimum absolute atomic E-state index is 0.0623. The molecule has 4 nitrogen and oxygen atoms in total. The first-order chi connectivity index (χ1) is 8.86. The lowest BCUT2D eigenvalue weighted by atomic mass is 9.90. The predicted molar refractivity (Wildman–Crippen MR) is 78.0 cm³/mol. The average Bonchev–Trinajstić information content (AvgIpc) is 2.36. The van der Waals surface area contributed by atoms with Gasteiger partial charge in [0.25, 0.3) is 0 Å². The summed E-state index contributed by atoms with van der Waals surface area (Å²) in [5.74, 6) is 1.38. The fourth-order valence-corrected chi connectivity index (χ4v) is 1.95. The molecule has 0 aliphatic heterocycles. The molecule has 2 N–H and O–H groups in total. The number of hydrogen-bond acceptors (Lipinski definition) is 4. The van der Waals surface area contributed by atoms with Crippen molar-refractivity contribution in [3.8, 4) is 11.5 Å². The van der Waals surface area contributed by atoms with E-state index in [9.17, 15) is 0 Å². The summed E-state index contributed by atoms with van der Waals surface area (Å²) < 4.78 is 10.6. The number of rotatable bonds is 2. The molecule has 0 spiro atoms. The molecule has 2 aromatic rings. The Kier molecular flexibility index (Phi) is 3.27. The molecule has 1 aromatic carbocycles. The van der Waals surface area contributed by atoms with Crippen molar-refractivity contribution in [3.05, 3.63) is 23.9 Å². The van der Waals surface area contributed by atoms with Crippen molar-refractivity contribution in [2.75, 3.05) is 20.0 Å². The van der Waals surface area contributed by atoms with Crippen LogP contribution in [-0.4, -0.2) is 19.2 Å². The van der Waals surface area contributed by atoms with Gasteiger partial charge < -0.3 is 15.2 Å². The lowest BCUT2D eigenvalue weighted by Crippen LogP contribution is -2.14. The Bertz CT molecular complexity index is 616. The average molecular weight is 260 g/mol. The lowest BCUT2D eigenvalue weighted by molar-refractivity contribution is 0.397. The molecule has 0 unspecified atom stereocenters. The molecule has 102 valence electrons. The van der Waals surface area contributed by atoms with E-state index in [0.29, 0.717) is 17.2 Å². The Hall–Kier alpha value is -1.97. The van der Waals surface area contributed by atoms with Crippen LogP contribution < -0.4 is 15.2 Å². The van der Waals surface area contributed by atoms with E-state index >= 15 is 0 Å². The molecule has 0 fully saturated rings. The van der Waals surface area contributed by atoms with Crippen molar-refractivity contribution in [1.82, 2.24) is 4.98 Å². The van der Waals surface area contributed by atoms with Crippen molar-refractivity contribution in [3.63, 3.8) is 0 Å². The van der Waals surface area contributed by atoms with E-state index in [2.05, 4.69) is 20.8 Å². The van der Waals surface area contributed by atoms with Gasteiger partial charge in [-0.2, -0.15) is 0 Å². The normalized spacial score (nSPS) is 11.6. The van der Waals surface area contributed by atoms with Crippen LogP contribution in [0.25, 0.3) is 10.9 Å². The second-order valence-electron chi connectivity index (χ2n) is 5.57. The van der Waals surface area contributed by atoms with Crippen LogP contribution in [0.1, 0.15) is 26.5 Å². The first-order valence-corrected chi connectivity index (χ1v) is 6.19. The minimum atomic E-state index is -0.0623. The van der Waals surface area contributed by atoms with Crippen molar-refractivity contribution in [2.45, 2.75) is 26.2 Å². The van der Waals surface area contributed by atoms with Crippen LogP contribution in [0.3, 0.4) is 0 Å². The molecule has 0 saturated heterocycles. The molecule has 0 amide bonds. The molecular weight excluding hydrogens is 240 g/mol. The first kappa shape index (κ1) is 13.5. The third kappa shape index (κ3) is 2.43. The third-order valence-electron chi connectivity index (χ3n) is 3.11. The largest absolute Gasteiger partial charge is 0.497 e. The highest BCUT2D eigenvalue weighted by atomic mass is 16.5. The summed E-state index contributed by atoms with van der Waals surface area (Å²) in [7, 11) is 3.24. The van der Waals surface area contributed by atoms with Crippen LogP contribution >= 0.6 is 0 Å². The molecule has 19 heavy (non-hydrogen) atoms. The van der Waals surface area contributed by atoms with Crippen LogP contribution in [0.2, 0.25) is 0 Å². The van der Waals surface area contributed by atoms with Gasteiger partial charge in [0, 0.05) is 28.2 Å². The maximum absolute atomic E-state index is 6.15. The summed E-state index contributed by atoms with van der Waals surface area (Å²) in [5, 5.41) is 0.851. The van der Waals surface area contributed by atoms with Crippen molar-refractivity contribution >= 4 is 16.6 Å². The summed E-state index contributed by atoms with van der Waals surface area (Å²) in [6, 6.07) is 5.62. The number of benzene rings is 1. The number of hydrogen-bond donors (Lipinski definition) is 1. The molecule has 0 aliphatic rings. The Balaban J connectivity index is 2.80. The summed E-state index contributed by atoms with van der Waals surface area (Å²) in [6.07, 6.45) is 0. The van der Waals surface area contributed by atoms with E-state index in [4.69, 9.17) is 20.2 Å². The van der Waals surface area contributed by atoms with Crippen LogP contribution in [0.5, 0.6) is 11.5 Å². The Morgan fingerprint density at radius 2 is 1.74 bits per heavy atom. The van der Waals surface area contributed by atoms with E-state index in [0.717, 1.165) is 16.6 Å². The van der Waals surface area contributed by atoms with Gasteiger partial charge in [-0.25, -0.2) is 4.98 Å². The second kappa shape index (κ2) is 4.61. The maximum Gasteiger partial charge on any atom is 0.148 e. The number of anilines is 1. The molecule has 4 heteroatoms. The zero-order valence-electron chi connectivity index (χ0n) is 12.1. The van der Waals surface area contributed by atoms with Gasteiger partial charge in [0.2, 0.25) is 0 Å². The van der Waals surface area contributed by atoms with Gasteiger partial charge >= 0.3 is 0 Å². The van der Waals surface area contributed by atoms with Gasteiger partial charge in [0.1, 0.15) is 17.0 Å². The monoisotopic (exact) mass is 260 g/mol. The number of ether oxygens (including phenoxy) is 2. The lowest BCUT2D eigenvalue weighted by Gasteiger charge is -2.20. The van der Waals surface area contributed by atoms with Crippen LogP contribution in [-0.2, 0) is 5.41 Å². The van der Waals surface area contributed by atoms with E-state index in [1.54, 1.807) is 14.2 Å². The van der Waals surface area contributed by atoms with Gasteiger partial charge in [0.15, 0.2) is 0 Å². The van der Waals surface area contributed by atoms with Crippen LogP contribution in [0, 0.1) is 0 Å². The maximum atomic E-state index is 6.15. The second-order valence-corrected chi connectivity index (χ2v) is 5.57. The minimum Gasteiger partial charge on any atom is -0.497 e. The van der Waals surface area contributed by atoms with E-state index in [-0.39, 0.29) is 5.41 Å². The van der Waals surface area contributed by atoms with Gasteiger partial charge in [-0.1, -0.05) is 20.8 Å². The zero-order chi connectivity index (χ0) is 14.2. The number of methoxy groups -OCH3 is 2. The zero-order valence-corrected chi connectivity index (χ0v) is 12.1. The number of nitrogens with zero attached hydrogens (tertiary/aromatic N) is 1. The predicted octanol–water partition coefficient (Wildman–Crippen LogP) is 3.13. The standard InChI is InChI=1S/C15H20N2O2/c1-15(2,3)13-8-11(16)10-6-9(18-4)7-12(19-5)14(10)17-13/h6-8H,1-5H3,(H2,16,17). The fourth-order valence-electron chi connectivity index (χ4n) is 1.95. The SMILES string of the molecule is COc1cc(OC)c2nc(C(C)(C)C)cc(N)c2c1. The molecule has 2 rings (SSSR count). The number of nitrogen functional groups attached to an aromatic ring is 1. The smallest absolute Gasteiger partial charge is 0.148 e. The van der Waals surface area contributed by atoms with Gasteiger partial charge in [0.05, 0.1) is 14.2 Å². The van der Waals surface area contributed by atoms with E-state index in [1.807, 2.05) is 18.2 Å². The Labute approximate surface area is 113 Å². The van der Waals surface area contributed by atoms with Crippen molar-refractivity contribution in [2.24, 2.45) is 0 Å². The van der Waals surface area contributed by atoms with Gasteiger partial charge in [-0.3, -0.25) is 0 Å². The molecule has 0 atom stereocenters. The number of fused-ring (bicyclic) bond motifs is 1. The molecule has 0 saturated carbocycles. The van der Waals surface area contributed by atoms with Crippen molar-refractivity contribution in [1.29, 1.82) is 0 Å². The third-order valence-corrected chi connectivity index (χ3v) is 3.11. The number of nitrogens with two attached hydrogens (primary N) is 1. The highest BCUT2D eigenvalue weighted by Crippen LogP contribution is 2.35. The fraction of sp³-hybridized carbons (Fsp3) is 0.400. The number of pyridine rings is 1. The molecule has 0 bridgehead atoms. The highest BCUT2D eigenvalue weighted by molar-refractivity contribution is 5.95. The molecule has 1 heterocycles. The summed E-state index contributed by atoms with van der Waals surface area (Å²) in [4.78, 5) is 4.69. The summed E-state index contributed by atoms with van der Waals surface area (Å²) in [6.45, 7) is 6.32. The Morgan fingerprint density at radius 3 is 2.26 bits per heavy atom. The molecule has 0 radical (unpaired) electrons. The van der Waals surface area contributed by atoms with Gasteiger partial charge in [-0.15, -0.1) is 0 Å². The molecule has 1 aromatic heterocycles. The van der Waals surface area contributed by atoms with E-state index < -0.39 is 0 Å². The van der Waals surface area contributed by atoms with Crippen LogP contribution in [0.4, 0.5) is 5.69 Å². The summed E-state index contributed by atoms with van der Waals surface area (Å²) in [5.41, 5.74) is 8.49. The Morgan fingerprint density at radius 1 is 1.05 bits per heavy atom. The first-order valence-electron chi connectivity index (χ1n) is 6.19. The molecule has 0 aliphatic carbocycles.